The maximum absolute atomic E-state index is 12.8. The summed E-state index contributed by atoms with van der Waals surface area (Å²) >= 11 is 3.41. The van der Waals surface area contributed by atoms with Crippen LogP contribution in [0.3, 0.4) is 0 Å². The summed E-state index contributed by atoms with van der Waals surface area (Å²) in [6, 6.07) is 7.63. The van der Waals surface area contributed by atoms with Crippen molar-refractivity contribution < 1.29 is 9.59 Å². The summed E-state index contributed by atoms with van der Waals surface area (Å²) in [5, 5.41) is 11.2. The summed E-state index contributed by atoms with van der Waals surface area (Å²) in [6.07, 6.45) is 5.01. The van der Waals surface area contributed by atoms with Crippen molar-refractivity contribution in [2.24, 2.45) is 5.92 Å². The van der Waals surface area contributed by atoms with Gasteiger partial charge in [-0.2, -0.15) is 5.10 Å². The molecule has 0 radical (unpaired) electrons. The van der Waals surface area contributed by atoms with Gasteiger partial charge in [-0.15, -0.1) is 0 Å². The highest BCUT2D eigenvalue weighted by atomic mass is 79.9. The van der Waals surface area contributed by atoms with Crippen molar-refractivity contribution in [3.8, 4) is 0 Å². The van der Waals surface area contributed by atoms with E-state index < -0.39 is 0 Å². The molecule has 2 N–H and O–H groups in total. The molecule has 1 aromatic carbocycles. The Morgan fingerprint density at radius 1 is 1.29 bits per heavy atom. The van der Waals surface area contributed by atoms with E-state index in [1.165, 1.54) is 6.92 Å². The third-order valence-corrected chi connectivity index (χ3v) is 5.41. The molecule has 1 atom stereocenters. The van der Waals surface area contributed by atoms with Crippen LogP contribution in [-0.4, -0.2) is 33.1 Å². The number of nitrogens with one attached hydrogen (secondary N) is 2. The standard InChI is InChI=1S/C20H20BrN5O2/c1-12(27)22-9-13-4-5-26-19(6-13)17(11-24-26)20(28)25-16-3-2-14-7-15(21)10-23-18(14)8-16/h2-3,7-8,10-11,13H,4-6,9H2,1H3,(H,22,27)(H,25,28). The van der Waals surface area contributed by atoms with Gasteiger partial charge in [0.25, 0.3) is 5.91 Å². The van der Waals surface area contributed by atoms with Crippen molar-refractivity contribution in [1.29, 1.82) is 0 Å². The SMILES string of the molecule is CC(=O)NCC1CCn2ncc(C(=O)Nc3ccc4cc(Br)cnc4c3)c2C1. The van der Waals surface area contributed by atoms with Crippen LogP contribution < -0.4 is 10.6 Å². The van der Waals surface area contributed by atoms with E-state index >= 15 is 0 Å². The van der Waals surface area contributed by atoms with Crippen molar-refractivity contribution >= 4 is 44.3 Å². The molecule has 2 aromatic heterocycles. The monoisotopic (exact) mass is 441 g/mol. The molecule has 0 aliphatic carbocycles. The second kappa shape index (κ2) is 7.71. The minimum atomic E-state index is -0.183. The van der Waals surface area contributed by atoms with E-state index in [2.05, 4.69) is 36.6 Å². The summed E-state index contributed by atoms with van der Waals surface area (Å²) in [7, 11) is 0. The number of carbonyl (C=O) groups excluding carboxylic acids is 2. The van der Waals surface area contributed by atoms with Crippen LogP contribution in [0, 0.1) is 5.92 Å². The fourth-order valence-electron chi connectivity index (χ4n) is 3.52. The lowest BCUT2D eigenvalue weighted by Gasteiger charge is -2.24. The van der Waals surface area contributed by atoms with Crippen LogP contribution in [0.15, 0.2) is 41.1 Å². The Morgan fingerprint density at radius 3 is 2.96 bits per heavy atom. The Hall–Kier alpha value is -2.74. The van der Waals surface area contributed by atoms with E-state index in [-0.39, 0.29) is 11.8 Å². The van der Waals surface area contributed by atoms with Crippen molar-refractivity contribution in [3.63, 3.8) is 0 Å². The van der Waals surface area contributed by atoms with Gasteiger partial charge in [-0.3, -0.25) is 19.3 Å². The average Bonchev–Trinajstić information content (AvgIpc) is 3.10. The van der Waals surface area contributed by atoms with Gasteiger partial charge in [0.1, 0.15) is 0 Å². The average molecular weight is 442 g/mol. The number of aromatic nitrogens is 3. The highest BCUT2D eigenvalue weighted by molar-refractivity contribution is 9.10. The molecule has 0 bridgehead atoms. The minimum Gasteiger partial charge on any atom is -0.356 e. The number of carbonyl (C=O) groups is 2. The van der Waals surface area contributed by atoms with E-state index in [0.717, 1.165) is 40.5 Å². The number of aryl methyl sites for hydroxylation is 1. The third kappa shape index (κ3) is 3.91. The Labute approximate surface area is 170 Å². The number of amides is 2. The molecule has 1 aliphatic heterocycles. The fourth-order valence-corrected chi connectivity index (χ4v) is 3.87. The summed E-state index contributed by atoms with van der Waals surface area (Å²) < 4.78 is 2.80. The Bertz CT molecular complexity index is 1060. The summed E-state index contributed by atoms with van der Waals surface area (Å²) in [4.78, 5) is 28.4. The molecular formula is C20H20BrN5O2. The quantitative estimate of drug-likeness (QED) is 0.650. The van der Waals surface area contributed by atoms with Crippen molar-refractivity contribution in [2.75, 3.05) is 11.9 Å². The highest BCUT2D eigenvalue weighted by Gasteiger charge is 2.25. The Kier molecular flexibility index (Phi) is 5.13. The number of anilines is 1. The molecule has 1 unspecified atom stereocenters. The first-order chi connectivity index (χ1) is 13.5. The van der Waals surface area contributed by atoms with Gasteiger partial charge in [-0.25, -0.2) is 0 Å². The topological polar surface area (TPSA) is 88.9 Å². The van der Waals surface area contributed by atoms with E-state index in [0.29, 0.717) is 23.7 Å². The van der Waals surface area contributed by atoms with Gasteiger partial charge in [0, 0.05) is 41.8 Å². The molecule has 2 amide bonds. The lowest BCUT2D eigenvalue weighted by atomic mass is 9.94. The molecule has 144 valence electrons. The van der Waals surface area contributed by atoms with Crippen molar-refractivity contribution in [2.45, 2.75) is 26.3 Å². The zero-order valence-corrected chi connectivity index (χ0v) is 17.0. The number of rotatable bonds is 4. The van der Waals surface area contributed by atoms with Gasteiger partial charge < -0.3 is 10.6 Å². The van der Waals surface area contributed by atoms with Gasteiger partial charge in [-0.1, -0.05) is 6.07 Å². The Morgan fingerprint density at radius 2 is 2.14 bits per heavy atom. The van der Waals surface area contributed by atoms with E-state index in [9.17, 15) is 9.59 Å². The van der Waals surface area contributed by atoms with Gasteiger partial charge in [0.05, 0.1) is 23.0 Å². The molecule has 8 heteroatoms. The highest BCUT2D eigenvalue weighted by Crippen LogP contribution is 2.25. The number of hydrogen-bond acceptors (Lipinski definition) is 4. The number of fused-ring (bicyclic) bond motifs is 2. The van der Waals surface area contributed by atoms with Crippen LogP contribution in [0.5, 0.6) is 0 Å². The lowest BCUT2D eigenvalue weighted by Crippen LogP contribution is -2.32. The smallest absolute Gasteiger partial charge is 0.259 e. The van der Waals surface area contributed by atoms with Gasteiger partial charge in [0.2, 0.25) is 5.91 Å². The molecule has 0 spiro atoms. The fraction of sp³-hybridized carbons (Fsp3) is 0.300. The number of pyridine rings is 1. The number of halogens is 1. The summed E-state index contributed by atoms with van der Waals surface area (Å²) in [6.45, 7) is 2.89. The molecule has 1 aliphatic rings. The molecule has 4 rings (SSSR count). The van der Waals surface area contributed by atoms with E-state index in [1.807, 2.05) is 28.9 Å². The van der Waals surface area contributed by atoms with Crippen LogP contribution in [0.1, 0.15) is 29.4 Å². The zero-order valence-electron chi connectivity index (χ0n) is 15.4. The van der Waals surface area contributed by atoms with Crippen LogP contribution in [0.2, 0.25) is 0 Å². The van der Waals surface area contributed by atoms with Crippen molar-refractivity contribution in [3.05, 3.63) is 52.4 Å². The first kappa shape index (κ1) is 18.6. The third-order valence-electron chi connectivity index (χ3n) is 4.97. The maximum atomic E-state index is 12.8. The van der Waals surface area contributed by atoms with E-state index in [4.69, 9.17) is 0 Å². The molecule has 3 aromatic rings. The zero-order chi connectivity index (χ0) is 19.7. The first-order valence-corrected chi connectivity index (χ1v) is 9.94. The normalized spacial score (nSPS) is 15.9. The predicted molar refractivity (Wildman–Crippen MR) is 110 cm³/mol. The van der Waals surface area contributed by atoms with Crippen LogP contribution in [-0.2, 0) is 17.8 Å². The predicted octanol–water partition coefficient (Wildman–Crippen LogP) is 3.14. The molecule has 0 saturated heterocycles. The van der Waals surface area contributed by atoms with Crippen molar-refractivity contribution in [1.82, 2.24) is 20.1 Å². The second-order valence-corrected chi connectivity index (χ2v) is 7.95. The summed E-state index contributed by atoms with van der Waals surface area (Å²) in [5.74, 6) is 0.0924. The number of hydrogen-bond donors (Lipinski definition) is 2. The van der Waals surface area contributed by atoms with Gasteiger partial charge in [-0.05, 0) is 52.9 Å². The number of nitrogens with zero attached hydrogens (tertiary/aromatic N) is 3. The minimum absolute atomic E-state index is 0.0333. The maximum Gasteiger partial charge on any atom is 0.259 e. The number of benzene rings is 1. The van der Waals surface area contributed by atoms with Gasteiger partial charge >= 0.3 is 0 Å². The molecule has 0 saturated carbocycles. The second-order valence-electron chi connectivity index (χ2n) is 7.04. The lowest BCUT2D eigenvalue weighted by molar-refractivity contribution is -0.119. The Balaban J connectivity index is 1.51. The van der Waals surface area contributed by atoms with Crippen LogP contribution in [0.4, 0.5) is 5.69 Å². The largest absolute Gasteiger partial charge is 0.356 e. The molecule has 7 nitrogen and oxygen atoms in total. The van der Waals surface area contributed by atoms with Gasteiger partial charge in [0.15, 0.2) is 0 Å². The molecule has 0 fully saturated rings. The molecule has 28 heavy (non-hydrogen) atoms. The summed E-state index contributed by atoms with van der Waals surface area (Å²) in [5.41, 5.74) is 3.00. The molecular weight excluding hydrogens is 422 g/mol. The first-order valence-electron chi connectivity index (χ1n) is 9.15. The van der Waals surface area contributed by atoms with E-state index in [1.54, 1.807) is 12.4 Å². The molecule has 3 heterocycles. The van der Waals surface area contributed by atoms with Crippen LogP contribution in [0.25, 0.3) is 10.9 Å². The van der Waals surface area contributed by atoms with Crippen LogP contribution >= 0.6 is 15.9 Å².